The molecule has 1 N–H and O–H groups in total. The second-order valence-electron chi connectivity index (χ2n) is 4.54. The van der Waals surface area contributed by atoms with Crippen LogP contribution in [-0.2, 0) is 0 Å². The van der Waals surface area contributed by atoms with Crippen LogP contribution >= 0.6 is 15.9 Å². The Kier molecular flexibility index (Phi) is 3.51. The highest BCUT2D eigenvalue weighted by atomic mass is 79.9. The molecule has 20 heavy (non-hydrogen) atoms. The van der Waals surface area contributed by atoms with Crippen molar-refractivity contribution in [3.8, 4) is 0 Å². The smallest absolute Gasteiger partial charge is 0.137 e. The van der Waals surface area contributed by atoms with Crippen molar-refractivity contribution >= 4 is 26.8 Å². The Morgan fingerprint density at radius 2 is 1.85 bits per heavy atom. The number of fused-ring (bicyclic) bond motifs is 1. The first-order valence-corrected chi connectivity index (χ1v) is 6.92. The van der Waals surface area contributed by atoms with E-state index >= 15 is 0 Å². The largest absolute Gasteiger partial charge is 0.384 e. The lowest BCUT2D eigenvalue weighted by atomic mass is 10.0. The first-order valence-electron chi connectivity index (χ1n) is 6.13. The maximum Gasteiger partial charge on any atom is 0.137 e. The Morgan fingerprint density at radius 3 is 2.65 bits per heavy atom. The Balaban J connectivity index is 2.02. The van der Waals surface area contributed by atoms with E-state index in [9.17, 15) is 9.50 Å². The molecule has 0 saturated carbocycles. The maximum absolute atomic E-state index is 13.5. The van der Waals surface area contributed by atoms with Crippen molar-refractivity contribution in [1.82, 2.24) is 4.98 Å². The van der Waals surface area contributed by atoms with Crippen molar-refractivity contribution in [2.24, 2.45) is 0 Å². The molecule has 0 amide bonds. The van der Waals surface area contributed by atoms with Crippen molar-refractivity contribution < 1.29 is 9.50 Å². The van der Waals surface area contributed by atoms with E-state index in [0.717, 1.165) is 10.9 Å². The minimum atomic E-state index is -0.894. The van der Waals surface area contributed by atoms with Crippen molar-refractivity contribution in [3.05, 3.63) is 76.1 Å². The minimum Gasteiger partial charge on any atom is -0.384 e. The number of nitrogens with zero attached hydrogens (tertiary/aromatic N) is 1. The van der Waals surface area contributed by atoms with Crippen LogP contribution in [0.1, 0.15) is 17.2 Å². The molecule has 0 saturated heterocycles. The summed E-state index contributed by atoms with van der Waals surface area (Å²) >= 11 is 3.10. The molecular formula is C16H11BrFNO. The van der Waals surface area contributed by atoms with Crippen LogP contribution in [0.15, 0.2) is 59.2 Å². The van der Waals surface area contributed by atoms with Crippen LogP contribution in [0, 0.1) is 5.82 Å². The van der Waals surface area contributed by atoms with Gasteiger partial charge >= 0.3 is 0 Å². The summed E-state index contributed by atoms with van der Waals surface area (Å²) < 4.78 is 13.9. The molecular weight excluding hydrogens is 321 g/mol. The van der Waals surface area contributed by atoms with E-state index < -0.39 is 11.9 Å². The van der Waals surface area contributed by atoms with Crippen molar-refractivity contribution in [1.29, 1.82) is 0 Å². The van der Waals surface area contributed by atoms with Gasteiger partial charge in [0.1, 0.15) is 11.9 Å². The zero-order valence-electron chi connectivity index (χ0n) is 10.4. The highest BCUT2D eigenvalue weighted by molar-refractivity contribution is 9.10. The fourth-order valence-electron chi connectivity index (χ4n) is 2.11. The molecule has 0 aliphatic carbocycles. The van der Waals surface area contributed by atoms with Gasteiger partial charge < -0.3 is 5.11 Å². The zero-order chi connectivity index (χ0) is 14.1. The van der Waals surface area contributed by atoms with Gasteiger partial charge in [0.15, 0.2) is 0 Å². The van der Waals surface area contributed by atoms with E-state index in [1.165, 1.54) is 6.07 Å². The Labute approximate surface area is 124 Å². The molecule has 3 rings (SSSR count). The summed E-state index contributed by atoms with van der Waals surface area (Å²) in [6.45, 7) is 0. The van der Waals surface area contributed by atoms with E-state index in [1.54, 1.807) is 18.3 Å². The van der Waals surface area contributed by atoms with Crippen LogP contribution in [0.3, 0.4) is 0 Å². The van der Waals surface area contributed by atoms with Gasteiger partial charge in [-0.1, -0.05) is 24.3 Å². The van der Waals surface area contributed by atoms with E-state index in [-0.39, 0.29) is 0 Å². The molecule has 2 aromatic carbocycles. The number of aliphatic hydroxyl groups excluding tert-OH is 1. The van der Waals surface area contributed by atoms with Crippen LogP contribution in [0.5, 0.6) is 0 Å². The number of hydrogen-bond donors (Lipinski definition) is 1. The molecule has 0 aliphatic rings. The van der Waals surface area contributed by atoms with Crippen molar-refractivity contribution in [3.63, 3.8) is 0 Å². The van der Waals surface area contributed by atoms with Crippen LogP contribution in [0.4, 0.5) is 4.39 Å². The lowest BCUT2D eigenvalue weighted by molar-refractivity contribution is 0.219. The van der Waals surface area contributed by atoms with Gasteiger partial charge in [-0.05, 0) is 45.8 Å². The van der Waals surface area contributed by atoms with Crippen LogP contribution in [0.25, 0.3) is 10.9 Å². The zero-order valence-corrected chi connectivity index (χ0v) is 12.0. The topological polar surface area (TPSA) is 33.1 Å². The molecule has 1 unspecified atom stereocenters. The summed E-state index contributed by atoms with van der Waals surface area (Å²) in [5, 5.41) is 11.3. The second-order valence-corrected chi connectivity index (χ2v) is 5.39. The summed E-state index contributed by atoms with van der Waals surface area (Å²) in [5.41, 5.74) is 2.01. The van der Waals surface area contributed by atoms with Crippen LogP contribution < -0.4 is 0 Å². The average molecular weight is 332 g/mol. The number of aromatic nitrogens is 1. The number of pyridine rings is 1. The molecule has 3 aromatic rings. The molecule has 4 heteroatoms. The van der Waals surface area contributed by atoms with Gasteiger partial charge in [-0.25, -0.2) is 4.39 Å². The average Bonchev–Trinajstić information content (AvgIpc) is 2.49. The molecule has 1 heterocycles. The summed E-state index contributed by atoms with van der Waals surface area (Å²) in [5.74, 6) is -0.393. The third-order valence-corrected chi connectivity index (χ3v) is 3.83. The van der Waals surface area contributed by atoms with E-state index in [4.69, 9.17) is 0 Å². The van der Waals surface area contributed by atoms with Crippen LogP contribution in [-0.4, -0.2) is 10.1 Å². The highest BCUT2D eigenvalue weighted by Gasteiger charge is 2.13. The van der Waals surface area contributed by atoms with Crippen molar-refractivity contribution in [2.75, 3.05) is 0 Å². The van der Waals surface area contributed by atoms with E-state index in [1.807, 2.05) is 30.3 Å². The molecule has 1 atom stereocenters. The summed E-state index contributed by atoms with van der Waals surface area (Å²) in [7, 11) is 0. The molecule has 1 aromatic heterocycles. The van der Waals surface area contributed by atoms with Gasteiger partial charge in [0.05, 0.1) is 9.99 Å². The standard InChI is InChI=1S/C16H11BrFNO/c17-13-6-5-11(8-14(13)18)16(20)12-7-10-3-1-2-4-15(10)19-9-12/h1-9,16,20H. The van der Waals surface area contributed by atoms with Crippen molar-refractivity contribution in [2.45, 2.75) is 6.10 Å². The Hall–Kier alpha value is -1.78. The normalized spacial score (nSPS) is 12.6. The lowest BCUT2D eigenvalue weighted by Crippen LogP contribution is -2.01. The second kappa shape index (κ2) is 5.31. The molecule has 0 radical (unpaired) electrons. The van der Waals surface area contributed by atoms with E-state index in [2.05, 4.69) is 20.9 Å². The van der Waals surface area contributed by atoms with Gasteiger partial charge in [-0.3, -0.25) is 4.98 Å². The lowest BCUT2D eigenvalue weighted by Gasteiger charge is -2.12. The SMILES string of the molecule is OC(c1ccc(Br)c(F)c1)c1cnc2ccccc2c1. The predicted molar refractivity (Wildman–Crippen MR) is 79.9 cm³/mol. The molecule has 0 spiro atoms. The van der Waals surface area contributed by atoms with Crippen LogP contribution in [0.2, 0.25) is 0 Å². The molecule has 2 nitrogen and oxygen atoms in total. The summed E-state index contributed by atoms with van der Waals surface area (Å²) in [6, 6.07) is 14.1. The van der Waals surface area contributed by atoms with Gasteiger partial charge in [0, 0.05) is 17.1 Å². The minimum absolute atomic E-state index is 0.380. The first-order chi connectivity index (χ1) is 9.65. The first kappa shape index (κ1) is 13.2. The third kappa shape index (κ3) is 2.44. The molecule has 100 valence electrons. The predicted octanol–water partition coefficient (Wildman–Crippen LogP) is 4.22. The van der Waals surface area contributed by atoms with Gasteiger partial charge in [-0.15, -0.1) is 0 Å². The number of benzene rings is 2. The summed E-state index contributed by atoms with van der Waals surface area (Å²) in [4.78, 5) is 4.30. The molecule has 0 fully saturated rings. The third-order valence-electron chi connectivity index (χ3n) is 3.19. The number of hydrogen-bond acceptors (Lipinski definition) is 2. The molecule has 0 aliphatic heterocycles. The Morgan fingerprint density at radius 1 is 1.05 bits per heavy atom. The number of halogens is 2. The number of para-hydroxylation sites is 1. The fraction of sp³-hybridized carbons (Fsp3) is 0.0625. The van der Waals surface area contributed by atoms with E-state index in [0.29, 0.717) is 15.6 Å². The monoisotopic (exact) mass is 331 g/mol. The highest BCUT2D eigenvalue weighted by Crippen LogP contribution is 2.26. The quantitative estimate of drug-likeness (QED) is 0.762. The maximum atomic E-state index is 13.5. The Bertz CT molecular complexity index is 775. The fourth-order valence-corrected chi connectivity index (χ4v) is 2.36. The van der Waals surface area contributed by atoms with Gasteiger partial charge in [-0.2, -0.15) is 0 Å². The molecule has 0 bridgehead atoms. The number of rotatable bonds is 2. The summed E-state index contributed by atoms with van der Waals surface area (Å²) in [6.07, 6.45) is 0.724. The number of aliphatic hydroxyl groups is 1. The van der Waals surface area contributed by atoms with Gasteiger partial charge in [0.2, 0.25) is 0 Å². The van der Waals surface area contributed by atoms with Gasteiger partial charge in [0.25, 0.3) is 0 Å².